The molecular weight excluding hydrogens is 368 g/mol. The predicted octanol–water partition coefficient (Wildman–Crippen LogP) is 6.04. The molecule has 0 saturated heterocycles. The van der Waals surface area contributed by atoms with Gasteiger partial charge in [0, 0.05) is 39.8 Å². The van der Waals surface area contributed by atoms with E-state index in [9.17, 15) is 4.79 Å². The van der Waals surface area contributed by atoms with Crippen molar-refractivity contribution in [1.82, 2.24) is 4.57 Å². The van der Waals surface area contributed by atoms with Crippen LogP contribution in [0.2, 0.25) is 5.02 Å². The molecule has 0 saturated carbocycles. The number of fused-ring (bicyclic) bond motifs is 1. The van der Waals surface area contributed by atoms with Crippen LogP contribution in [0.4, 0.5) is 5.69 Å². The minimum atomic E-state index is 0.0827. The highest BCUT2D eigenvalue weighted by Crippen LogP contribution is 2.38. The van der Waals surface area contributed by atoms with E-state index in [2.05, 4.69) is 31.4 Å². The topological polar surface area (TPSA) is 25.2 Å². The molecule has 3 aromatic rings. The Morgan fingerprint density at radius 1 is 1.04 bits per heavy atom. The number of hydrogen-bond donors (Lipinski definition) is 0. The van der Waals surface area contributed by atoms with Gasteiger partial charge in [-0.25, -0.2) is 0 Å². The van der Waals surface area contributed by atoms with Crippen LogP contribution in [0.15, 0.2) is 54.6 Å². The molecule has 4 rings (SSSR count). The van der Waals surface area contributed by atoms with Gasteiger partial charge >= 0.3 is 0 Å². The van der Waals surface area contributed by atoms with Gasteiger partial charge in [-0.3, -0.25) is 4.79 Å². The fraction of sp³-hybridized carbons (Fsp3) is 0.208. The molecule has 0 aliphatic carbocycles. The third-order valence-electron chi connectivity index (χ3n) is 5.26. The summed E-state index contributed by atoms with van der Waals surface area (Å²) in [6.45, 7) is 6.99. The number of anilines is 1. The molecule has 0 unspecified atom stereocenters. The van der Waals surface area contributed by atoms with Gasteiger partial charge in [-0.2, -0.15) is 0 Å². The number of hydrogen-bond acceptors (Lipinski definition) is 1. The Bertz CT molecular complexity index is 1080. The first kappa shape index (κ1) is 18.6. The largest absolute Gasteiger partial charge is 0.318 e. The second kappa shape index (κ2) is 7.33. The second-order valence-electron chi connectivity index (χ2n) is 7.17. The molecule has 1 aliphatic rings. The normalized spacial score (nSPS) is 14.8. The van der Waals surface area contributed by atoms with Crippen molar-refractivity contribution in [2.45, 2.75) is 27.2 Å². The maximum Gasteiger partial charge on any atom is 0.258 e. The Morgan fingerprint density at radius 3 is 2.46 bits per heavy atom. The quantitative estimate of drug-likeness (QED) is 0.498. The molecule has 0 atom stereocenters. The molecule has 1 aromatic heterocycles. The van der Waals surface area contributed by atoms with Gasteiger partial charge in [0.05, 0.1) is 5.69 Å². The summed E-state index contributed by atoms with van der Waals surface area (Å²) in [4.78, 5) is 15.0. The van der Waals surface area contributed by atoms with Gasteiger partial charge in [-0.05, 0) is 68.3 Å². The summed E-state index contributed by atoms with van der Waals surface area (Å²) < 4.78 is 2.19. The van der Waals surface area contributed by atoms with Gasteiger partial charge in [-0.15, -0.1) is 0 Å². The average Bonchev–Trinajstić information content (AvgIpc) is 3.11. The summed E-state index contributed by atoms with van der Waals surface area (Å²) in [6.07, 6.45) is 2.96. The number of amides is 1. The van der Waals surface area contributed by atoms with Crippen molar-refractivity contribution < 1.29 is 4.79 Å². The monoisotopic (exact) mass is 390 g/mol. The Morgan fingerprint density at radius 2 is 1.75 bits per heavy atom. The van der Waals surface area contributed by atoms with Crippen LogP contribution in [-0.2, 0) is 4.79 Å². The highest BCUT2D eigenvalue weighted by Gasteiger charge is 2.31. The number of carbonyl (C=O) groups is 1. The fourth-order valence-corrected chi connectivity index (χ4v) is 4.09. The van der Waals surface area contributed by atoms with E-state index in [4.69, 9.17) is 11.6 Å². The van der Waals surface area contributed by atoms with E-state index in [1.54, 1.807) is 0 Å². The van der Waals surface area contributed by atoms with E-state index < -0.39 is 0 Å². The maximum atomic E-state index is 13.1. The van der Waals surface area contributed by atoms with Crippen molar-refractivity contribution in [1.29, 1.82) is 0 Å². The molecule has 1 aliphatic heterocycles. The first-order chi connectivity index (χ1) is 13.5. The van der Waals surface area contributed by atoms with Crippen LogP contribution < -0.4 is 4.90 Å². The van der Waals surface area contributed by atoms with Gasteiger partial charge in [0.25, 0.3) is 5.91 Å². The number of para-hydroxylation sites is 1. The van der Waals surface area contributed by atoms with Crippen LogP contribution >= 0.6 is 11.6 Å². The number of carbonyl (C=O) groups excluding carboxylic acids is 1. The standard InChI is InChI=1S/C24H23ClN2O/c1-4-13-26-23-8-6-5-7-21(23)22(24(26)28)15-18-14-16(2)27(17(18)3)20-11-9-19(25)10-12-20/h5-12,14-15H,4,13H2,1-3H3/b22-15-. The lowest BCUT2D eigenvalue weighted by Gasteiger charge is -2.15. The summed E-state index contributed by atoms with van der Waals surface area (Å²) in [7, 11) is 0. The second-order valence-corrected chi connectivity index (χ2v) is 7.61. The van der Waals surface area contributed by atoms with E-state index in [-0.39, 0.29) is 5.91 Å². The highest BCUT2D eigenvalue weighted by atomic mass is 35.5. The Balaban J connectivity index is 1.81. The van der Waals surface area contributed by atoms with Crippen LogP contribution in [0.25, 0.3) is 17.3 Å². The van der Waals surface area contributed by atoms with Gasteiger partial charge in [0.15, 0.2) is 0 Å². The lowest BCUT2D eigenvalue weighted by molar-refractivity contribution is -0.113. The van der Waals surface area contributed by atoms with Crippen molar-refractivity contribution in [3.05, 3.63) is 82.1 Å². The lowest BCUT2D eigenvalue weighted by atomic mass is 10.0. The molecule has 0 radical (unpaired) electrons. The molecule has 2 aromatic carbocycles. The van der Waals surface area contributed by atoms with Crippen LogP contribution in [-0.4, -0.2) is 17.0 Å². The molecular formula is C24H23ClN2O. The van der Waals surface area contributed by atoms with E-state index in [1.165, 1.54) is 0 Å². The summed E-state index contributed by atoms with van der Waals surface area (Å²) >= 11 is 6.04. The minimum absolute atomic E-state index is 0.0827. The Labute approximate surface area is 170 Å². The third kappa shape index (κ3) is 3.06. The summed E-state index contributed by atoms with van der Waals surface area (Å²) in [6, 6.07) is 18.0. The predicted molar refractivity (Wildman–Crippen MR) is 117 cm³/mol. The number of nitrogens with zero attached hydrogens (tertiary/aromatic N) is 2. The number of aromatic nitrogens is 1. The molecule has 1 amide bonds. The Hall–Kier alpha value is -2.78. The number of rotatable bonds is 4. The van der Waals surface area contributed by atoms with E-state index in [1.807, 2.05) is 59.5 Å². The van der Waals surface area contributed by atoms with Gasteiger partial charge in [0.1, 0.15) is 0 Å². The van der Waals surface area contributed by atoms with Crippen molar-refractivity contribution in [2.24, 2.45) is 0 Å². The molecule has 2 heterocycles. The maximum absolute atomic E-state index is 13.1. The van der Waals surface area contributed by atoms with E-state index >= 15 is 0 Å². The van der Waals surface area contributed by atoms with Crippen molar-refractivity contribution in [2.75, 3.05) is 11.4 Å². The van der Waals surface area contributed by atoms with Crippen LogP contribution in [0.3, 0.4) is 0 Å². The molecule has 3 nitrogen and oxygen atoms in total. The molecule has 4 heteroatoms. The van der Waals surface area contributed by atoms with Crippen molar-refractivity contribution in [3.63, 3.8) is 0 Å². The van der Waals surface area contributed by atoms with Gasteiger partial charge < -0.3 is 9.47 Å². The molecule has 0 N–H and O–H groups in total. The zero-order valence-electron chi connectivity index (χ0n) is 16.4. The Kier molecular flexibility index (Phi) is 4.86. The average molecular weight is 391 g/mol. The van der Waals surface area contributed by atoms with E-state index in [0.717, 1.165) is 57.5 Å². The minimum Gasteiger partial charge on any atom is -0.318 e. The zero-order chi connectivity index (χ0) is 19.8. The lowest BCUT2D eigenvalue weighted by Crippen LogP contribution is -2.26. The van der Waals surface area contributed by atoms with Crippen LogP contribution in [0, 0.1) is 13.8 Å². The number of aryl methyl sites for hydroxylation is 1. The van der Waals surface area contributed by atoms with E-state index in [0.29, 0.717) is 0 Å². The molecule has 0 spiro atoms. The van der Waals surface area contributed by atoms with Crippen LogP contribution in [0.1, 0.15) is 35.9 Å². The molecule has 142 valence electrons. The van der Waals surface area contributed by atoms with Crippen molar-refractivity contribution in [3.8, 4) is 5.69 Å². The molecule has 0 fully saturated rings. The van der Waals surface area contributed by atoms with Crippen molar-refractivity contribution >= 4 is 34.8 Å². The first-order valence-electron chi connectivity index (χ1n) is 9.59. The third-order valence-corrected chi connectivity index (χ3v) is 5.51. The summed E-state index contributed by atoms with van der Waals surface area (Å²) in [5.74, 6) is 0.0827. The first-order valence-corrected chi connectivity index (χ1v) is 9.97. The van der Waals surface area contributed by atoms with Crippen LogP contribution in [0.5, 0.6) is 0 Å². The number of halogens is 1. The molecule has 28 heavy (non-hydrogen) atoms. The van der Waals surface area contributed by atoms with Gasteiger partial charge in [0.2, 0.25) is 0 Å². The fourth-order valence-electron chi connectivity index (χ4n) is 3.97. The summed E-state index contributed by atoms with van der Waals surface area (Å²) in [5, 5.41) is 0.720. The molecule has 0 bridgehead atoms. The number of benzene rings is 2. The smallest absolute Gasteiger partial charge is 0.258 e. The zero-order valence-corrected chi connectivity index (χ0v) is 17.1. The van der Waals surface area contributed by atoms with Gasteiger partial charge in [-0.1, -0.05) is 36.7 Å². The summed E-state index contributed by atoms with van der Waals surface area (Å²) in [5.41, 5.74) is 7.13. The SMILES string of the molecule is CCCN1C(=O)/C(=C\c2cc(C)n(-c3ccc(Cl)cc3)c2C)c2ccccc21. The highest BCUT2D eigenvalue weighted by molar-refractivity contribution is 6.35.